The van der Waals surface area contributed by atoms with Crippen LogP contribution in [-0.4, -0.2) is 14.7 Å². The van der Waals surface area contributed by atoms with Gasteiger partial charge in [0.15, 0.2) is 0 Å². The molecule has 0 spiro atoms. The smallest absolute Gasteiger partial charge is 0.108 e. The van der Waals surface area contributed by atoms with E-state index in [1.54, 1.807) is 6.33 Å². The third kappa shape index (κ3) is 1.57. The summed E-state index contributed by atoms with van der Waals surface area (Å²) in [6.07, 6.45) is 7.71. The molecule has 1 heterocycles. The first-order chi connectivity index (χ1) is 6.64. The molecule has 14 heavy (non-hydrogen) atoms. The van der Waals surface area contributed by atoms with Gasteiger partial charge < -0.3 is 9.67 Å². The lowest BCUT2D eigenvalue weighted by Crippen LogP contribution is -2.22. The van der Waals surface area contributed by atoms with E-state index in [2.05, 4.69) is 11.9 Å². The average Bonchev–Trinajstić information content (AvgIpc) is 2.73. The van der Waals surface area contributed by atoms with E-state index in [-0.39, 0.29) is 0 Å². The van der Waals surface area contributed by atoms with E-state index in [1.807, 2.05) is 17.8 Å². The van der Waals surface area contributed by atoms with Gasteiger partial charge in [-0.05, 0) is 25.2 Å². The van der Waals surface area contributed by atoms with Gasteiger partial charge in [0, 0.05) is 13.2 Å². The molecule has 2 atom stereocenters. The quantitative estimate of drug-likeness (QED) is 0.779. The summed E-state index contributed by atoms with van der Waals surface area (Å²) in [7, 11) is 1.94. The van der Waals surface area contributed by atoms with Crippen molar-refractivity contribution in [3.8, 4) is 0 Å². The van der Waals surface area contributed by atoms with E-state index < -0.39 is 5.60 Å². The maximum Gasteiger partial charge on any atom is 0.108 e. The highest BCUT2D eigenvalue weighted by Crippen LogP contribution is 2.42. The first-order valence-electron chi connectivity index (χ1n) is 5.35. The van der Waals surface area contributed by atoms with E-state index in [0.29, 0.717) is 5.92 Å². The lowest BCUT2D eigenvalue weighted by molar-refractivity contribution is 0.0357. The fourth-order valence-electron chi connectivity index (χ4n) is 2.36. The number of rotatable bonds is 2. The molecule has 0 bridgehead atoms. The van der Waals surface area contributed by atoms with Crippen LogP contribution in [0.15, 0.2) is 12.5 Å². The van der Waals surface area contributed by atoms with Crippen molar-refractivity contribution in [1.82, 2.24) is 9.55 Å². The second-order valence-corrected chi connectivity index (χ2v) is 4.47. The van der Waals surface area contributed by atoms with E-state index in [1.165, 1.54) is 0 Å². The van der Waals surface area contributed by atoms with Gasteiger partial charge in [-0.2, -0.15) is 0 Å². The van der Waals surface area contributed by atoms with Gasteiger partial charge in [0.25, 0.3) is 0 Å². The minimum Gasteiger partial charge on any atom is -0.383 e. The topological polar surface area (TPSA) is 38.0 Å². The summed E-state index contributed by atoms with van der Waals surface area (Å²) in [5, 5.41) is 10.4. The summed E-state index contributed by atoms with van der Waals surface area (Å²) < 4.78 is 1.90. The first kappa shape index (κ1) is 9.71. The molecule has 2 rings (SSSR count). The SMILES string of the molecule is CCC1CCC(O)(c2cn(C)cn2)C1. The van der Waals surface area contributed by atoms with Gasteiger partial charge in [-0.15, -0.1) is 0 Å². The van der Waals surface area contributed by atoms with Crippen molar-refractivity contribution in [2.45, 2.75) is 38.2 Å². The summed E-state index contributed by atoms with van der Waals surface area (Å²) >= 11 is 0. The van der Waals surface area contributed by atoms with Crippen LogP contribution >= 0.6 is 0 Å². The molecule has 1 aliphatic rings. The minimum atomic E-state index is -0.651. The highest BCUT2D eigenvalue weighted by Gasteiger charge is 2.39. The highest BCUT2D eigenvalue weighted by atomic mass is 16.3. The average molecular weight is 194 g/mol. The molecule has 1 aliphatic carbocycles. The zero-order valence-corrected chi connectivity index (χ0v) is 8.90. The molecule has 3 heteroatoms. The summed E-state index contributed by atoms with van der Waals surface area (Å²) in [6, 6.07) is 0. The standard InChI is InChI=1S/C11H18N2O/c1-3-9-4-5-11(14,6-9)10-7-13(2)8-12-10/h7-9,14H,3-6H2,1-2H3. The number of aromatic nitrogens is 2. The molecule has 78 valence electrons. The third-order valence-corrected chi connectivity index (χ3v) is 3.35. The van der Waals surface area contributed by atoms with E-state index in [9.17, 15) is 5.11 Å². The van der Waals surface area contributed by atoms with Crippen LogP contribution in [-0.2, 0) is 12.6 Å². The van der Waals surface area contributed by atoms with Crippen LogP contribution in [0.5, 0.6) is 0 Å². The molecule has 1 aromatic heterocycles. The van der Waals surface area contributed by atoms with Crippen LogP contribution in [0.2, 0.25) is 0 Å². The van der Waals surface area contributed by atoms with Crippen molar-refractivity contribution in [2.24, 2.45) is 13.0 Å². The Kier molecular flexibility index (Phi) is 2.35. The largest absolute Gasteiger partial charge is 0.383 e. The van der Waals surface area contributed by atoms with Crippen LogP contribution in [0.4, 0.5) is 0 Å². The fraction of sp³-hybridized carbons (Fsp3) is 0.727. The number of hydrogen-bond acceptors (Lipinski definition) is 2. The predicted octanol–water partition coefficient (Wildman–Crippen LogP) is 1.82. The number of hydrogen-bond donors (Lipinski definition) is 1. The number of aryl methyl sites for hydroxylation is 1. The normalized spacial score (nSPS) is 32.4. The van der Waals surface area contributed by atoms with Crippen molar-refractivity contribution in [2.75, 3.05) is 0 Å². The highest BCUT2D eigenvalue weighted by molar-refractivity contribution is 5.11. The van der Waals surface area contributed by atoms with Crippen LogP contribution in [0.3, 0.4) is 0 Å². The second kappa shape index (κ2) is 3.39. The van der Waals surface area contributed by atoms with Gasteiger partial charge >= 0.3 is 0 Å². The molecule has 0 amide bonds. The van der Waals surface area contributed by atoms with Gasteiger partial charge in [0.2, 0.25) is 0 Å². The molecule has 1 saturated carbocycles. The van der Waals surface area contributed by atoms with Gasteiger partial charge in [-0.1, -0.05) is 13.3 Å². The van der Waals surface area contributed by atoms with Crippen molar-refractivity contribution in [3.05, 3.63) is 18.2 Å². The maximum atomic E-state index is 10.4. The van der Waals surface area contributed by atoms with Crippen LogP contribution < -0.4 is 0 Å². The predicted molar refractivity (Wildman–Crippen MR) is 54.7 cm³/mol. The number of nitrogens with zero attached hydrogens (tertiary/aromatic N) is 2. The summed E-state index contributed by atoms with van der Waals surface area (Å²) in [5.41, 5.74) is 0.193. The van der Waals surface area contributed by atoms with Gasteiger partial charge in [0.05, 0.1) is 12.0 Å². The Balaban J connectivity index is 2.18. The monoisotopic (exact) mass is 194 g/mol. The Morgan fingerprint density at radius 3 is 3.00 bits per heavy atom. The lowest BCUT2D eigenvalue weighted by Gasteiger charge is -2.20. The summed E-state index contributed by atoms with van der Waals surface area (Å²) in [6.45, 7) is 2.19. The summed E-state index contributed by atoms with van der Waals surface area (Å²) in [5.74, 6) is 0.669. The molecule has 3 nitrogen and oxygen atoms in total. The Labute approximate surface area is 84.8 Å². The van der Waals surface area contributed by atoms with Crippen molar-refractivity contribution in [1.29, 1.82) is 0 Å². The molecule has 1 aromatic rings. The van der Waals surface area contributed by atoms with Crippen molar-refractivity contribution in [3.63, 3.8) is 0 Å². The Hall–Kier alpha value is -0.830. The fourth-order valence-corrected chi connectivity index (χ4v) is 2.36. The Bertz CT molecular complexity index is 321. The third-order valence-electron chi connectivity index (χ3n) is 3.35. The molecular formula is C11H18N2O. The number of aliphatic hydroxyl groups is 1. The van der Waals surface area contributed by atoms with Gasteiger partial charge in [0.1, 0.15) is 5.60 Å². The Morgan fingerprint density at radius 2 is 2.50 bits per heavy atom. The second-order valence-electron chi connectivity index (χ2n) is 4.47. The van der Waals surface area contributed by atoms with E-state index in [4.69, 9.17) is 0 Å². The first-order valence-corrected chi connectivity index (χ1v) is 5.35. The zero-order chi connectivity index (χ0) is 10.2. The van der Waals surface area contributed by atoms with Crippen LogP contribution in [0, 0.1) is 5.92 Å². The maximum absolute atomic E-state index is 10.4. The zero-order valence-electron chi connectivity index (χ0n) is 8.90. The van der Waals surface area contributed by atoms with Crippen molar-refractivity contribution < 1.29 is 5.11 Å². The molecule has 1 fully saturated rings. The molecule has 0 aromatic carbocycles. The molecule has 0 aliphatic heterocycles. The van der Waals surface area contributed by atoms with E-state index >= 15 is 0 Å². The van der Waals surface area contributed by atoms with E-state index in [0.717, 1.165) is 31.4 Å². The van der Waals surface area contributed by atoms with Gasteiger partial charge in [-0.3, -0.25) is 0 Å². The summed E-state index contributed by atoms with van der Waals surface area (Å²) in [4.78, 5) is 4.25. The molecule has 2 unspecified atom stereocenters. The van der Waals surface area contributed by atoms with Crippen LogP contribution in [0.25, 0.3) is 0 Å². The lowest BCUT2D eigenvalue weighted by atomic mass is 9.96. The van der Waals surface area contributed by atoms with Crippen molar-refractivity contribution >= 4 is 0 Å². The number of imidazole rings is 1. The molecular weight excluding hydrogens is 176 g/mol. The van der Waals surface area contributed by atoms with Gasteiger partial charge in [-0.25, -0.2) is 4.98 Å². The molecule has 1 N–H and O–H groups in total. The Morgan fingerprint density at radius 1 is 1.71 bits per heavy atom. The minimum absolute atomic E-state index is 0.651. The molecule has 0 radical (unpaired) electrons. The van der Waals surface area contributed by atoms with Crippen LogP contribution in [0.1, 0.15) is 38.3 Å². The molecule has 0 saturated heterocycles.